The third-order valence-corrected chi connectivity index (χ3v) is 3.90. The van der Waals surface area contributed by atoms with E-state index in [4.69, 9.17) is 15.3 Å². The maximum absolute atomic E-state index is 10.2. The number of carboxylic acids is 2. The van der Waals surface area contributed by atoms with Crippen LogP contribution in [0, 0.1) is 0 Å². The Balaban J connectivity index is 0.000000459. The number of carbonyl (C=O) groups is 2. The van der Waals surface area contributed by atoms with Gasteiger partial charge in [-0.3, -0.25) is 9.59 Å². The van der Waals surface area contributed by atoms with Crippen molar-refractivity contribution in [2.75, 3.05) is 6.54 Å². The summed E-state index contributed by atoms with van der Waals surface area (Å²) in [5, 5.41) is 28.2. The number of carboxylic acid groups (broad SMARTS) is 2. The Morgan fingerprint density at radius 3 is 1.83 bits per heavy atom. The second-order valence-corrected chi connectivity index (χ2v) is 6.16. The van der Waals surface area contributed by atoms with Gasteiger partial charge in [0.05, 0.1) is 6.10 Å². The zero-order valence-corrected chi connectivity index (χ0v) is 14.3. The number of rotatable bonds is 11. The van der Waals surface area contributed by atoms with Gasteiger partial charge in [-0.25, -0.2) is 0 Å². The van der Waals surface area contributed by atoms with Gasteiger partial charge >= 0.3 is 11.9 Å². The van der Waals surface area contributed by atoms with Gasteiger partial charge in [0.1, 0.15) is 6.04 Å². The molecule has 0 aliphatic carbocycles. The van der Waals surface area contributed by atoms with E-state index in [1.165, 1.54) is 44.9 Å². The predicted octanol–water partition coefficient (Wildman–Crippen LogP) is 2.79. The first-order valence-corrected chi connectivity index (χ1v) is 8.83. The van der Waals surface area contributed by atoms with Crippen molar-refractivity contribution in [2.24, 2.45) is 0 Å². The number of nitrogens with one attached hydrogen (secondary N) is 1. The average molecular weight is 331 g/mol. The van der Waals surface area contributed by atoms with Crippen LogP contribution in [0.1, 0.15) is 77.6 Å². The molecular weight excluding hydrogens is 298 g/mol. The standard InChI is InChI=1S/C12H24O2.C5H9NO3/c1-2-3-4-5-6-7-8-9-10-11-12(13)14;7-3-1-4(5(8)9)6-2-3/h2-11H2,1H3,(H,13,14);3-4,6-7H,1-2H2,(H,8,9)/t;3-,4+/m.1/s1. The van der Waals surface area contributed by atoms with Crippen LogP contribution in [0.3, 0.4) is 0 Å². The third-order valence-electron chi connectivity index (χ3n) is 3.90. The van der Waals surface area contributed by atoms with E-state index in [1.54, 1.807) is 0 Å². The van der Waals surface area contributed by atoms with Crippen molar-refractivity contribution < 1.29 is 24.9 Å². The number of hydrogen-bond acceptors (Lipinski definition) is 4. The van der Waals surface area contributed by atoms with Crippen molar-refractivity contribution in [1.82, 2.24) is 5.32 Å². The summed E-state index contributed by atoms with van der Waals surface area (Å²) in [6.45, 7) is 2.63. The number of unbranched alkanes of at least 4 members (excludes halogenated alkanes) is 8. The van der Waals surface area contributed by atoms with Gasteiger partial charge in [0, 0.05) is 19.4 Å². The number of aliphatic hydroxyl groups is 1. The van der Waals surface area contributed by atoms with E-state index in [0.29, 0.717) is 19.4 Å². The molecule has 1 aliphatic heterocycles. The van der Waals surface area contributed by atoms with Gasteiger partial charge in [-0.05, 0) is 6.42 Å². The molecule has 2 atom stereocenters. The van der Waals surface area contributed by atoms with Crippen LogP contribution in [0.4, 0.5) is 0 Å². The first-order valence-electron chi connectivity index (χ1n) is 8.83. The van der Waals surface area contributed by atoms with Gasteiger partial charge in [0.25, 0.3) is 0 Å². The number of aliphatic hydroxyl groups excluding tert-OH is 1. The lowest BCUT2D eigenvalue weighted by atomic mass is 10.1. The van der Waals surface area contributed by atoms with E-state index in [0.717, 1.165) is 12.8 Å². The molecule has 0 amide bonds. The third kappa shape index (κ3) is 14.2. The molecule has 6 nitrogen and oxygen atoms in total. The first kappa shape index (κ1) is 21.9. The van der Waals surface area contributed by atoms with E-state index < -0.39 is 24.1 Å². The van der Waals surface area contributed by atoms with E-state index in [-0.39, 0.29) is 0 Å². The second-order valence-electron chi connectivity index (χ2n) is 6.16. The number of hydrogen-bond donors (Lipinski definition) is 4. The van der Waals surface area contributed by atoms with Crippen molar-refractivity contribution in [3.05, 3.63) is 0 Å². The quantitative estimate of drug-likeness (QED) is 0.434. The van der Waals surface area contributed by atoms with Crippen LogP contribution < -0.4 is 5.32 Å². The van der Waals surface area contributed by atoms with Crippen LogP contribution in [0.25, 0.3) is 0 Å². The van der Waals surface area contributed by atoms with Crippen LogP contribution in [-0.2, 0) is 9.59 Å². The highest BCUT2D eigenvalue weighted by Crippen LogP contribution is 2.10. The number of aliphatic carboxylic acids is 2. The van der Waals surface area contributed by atoms with Crippen LogP contribution >= 0.6 is 0 Å². The van der Waals surface area contributed by atoms with Crippen LogP contribution in [-0.4, -0.2) is 45.9 Å². The molecule has 4 N–H and O–H groups in total. The van der Waals surface area contributed by atoms with Gasteiger partial charge in [-0.15, -0.1) is 0 Å². The molecule has 6 heteroatoms. The molecule has 0 radical (unpaired) electrons. The Morgan fingerprint density at radius 2 is 1.48 bits per heavy atom. The average Bonchev–Trinajstić information content (AvgIpc) is 2.93. The molecule has 0 aromatic carbocycles. The summed E-state index contributed by atoms with van der Waals surface area (Å²) in [5.74, 6) is -1.54. The molecule has 1 heterocycles. The van der Waals surface area contributed by atoms with Gasteiger partial charge in [0.15, 0.2) is 0 Å². The lowest BCUT2D eigenvalue weighted by molar-refractivity contribution is -0.139. The van der Waals surface area contributed by atoms with Crippen LogP contribution in [0.2, 0.25) is 0 Å². The largest absolute Gasteiger partial charge is 0.481 e. The molecule has 1 saturated heterocycles. The Hall–Kier alpha value is -1.14. The highest BCUT2D eigenvalue weighted by atomic mass is 16.4. The lowest BCUT2D eigenvalue weighted by Crippen LogP contribution is -2.29. The summed E-state index contributed by atoms with van der Waals surface area (Å²) in [6.07, 6.45) is 11.3. The molecule has 136 valence electrons. The zero-order chi connectivity index (χ0) is 17.5. The smallest absolute Gasteiger partial charge is 0.320 e. The molecule has 1 fully saturated rings. The van der Waals surface area contributed by atoms with Crippen LogP contribution in [0.5, 0.6) is 0 Å². The summed E-state index contributed by atoms with van der Waals surface area (Å²) >= 11 is 0. The fraction of sp³-hybridized carbons (Fsp3) is 0.882. The summed E-state index contributed by atoms with van der Waals surface area (Å²) in [4.78, 5) is 20.4. The van der Waals surface area contributed by atoms with Gasteiger partial charge in [-0.1, -0.05) is 58.3 Å². The maximum Gasteiger partial charge on any atom is 0.320 e. The van der Waals surface area contributed by atoms with E-state index in [2.05, 4.69) is 12.2 Å². The SMILES string of the molecule is CCCCCCCCCCCC(=O)O.O=C(O)[C@@H]1C[C@@H](O)CN1. The highest BCUT2D eigenvalue weighted by Gasteiger charge is 2.27. The van der Waals surface area contributed by atoms with Crippen molar-refractivity contribution in [1.29, 1.82) is 0 Å². The highest BCUT2D eigenvalue weighted by molar-refractivity contribution is 5.73. The number of β-amino-alcohol motifs (C(OH)–C–C–N with tert-alkyl or cyclic N) is 1. The molecule has 0 bridgehead atoms. The fourth-order valence-corrected chi connectivity index (χ4v) is 2.49. The molecule has 1 aliphatic rings. The molecule has 0 aromatic heterocycles. The van der Waals surface area contributed by atoms with Gasteiger partial charge < -0.3 is 20.6 Å². The van der Waals surface area contributed by atoms with Crippen molar-refractivity contribution >= 4 is 11.9 Å². The van der Waals surface area contributed by atoms with Crippen molar-refractivity contribution in [2.45, 2.75) is 89.7 Å². The Bertz CT molecular complexity index is 322. The van der Waals surface area contributed by atoms with Crippen molar-refractivity contribution in [3.8, 4) is 0 Å². The molecule has 23 heavy (non-hydrogen) atoms. The minimum absolute atomic E-state index is 0.329. The van der Waals surface area contributed by atoms with Crippen molar-refractivity contribution in [3.63, 3.8) is 0 Å². The second kappa shape index (κ2) is 14.5. The molecule has 0 aromatic rings. The minimum atomic E-state index is -0.883. The van der Waals surface area contributed by atoms with E-state index in [1.807, 2.05) is 0 Å². The Labute approximate surface area is 139 Å². The summed E-state index contributed by atoms with van der Waals surface area (Å²) in [5.41, 5.74) is 0. The molecule has 0 spiro atoms. The lowest BCUT2D eigenvalue weighted by Gasteiger charge is -2.00. The Kier molecular flexibility index (Phi) is 13.7. The van der Waals surface area contributed by atoms with E-state index >= 15 is 0 Å². The van der Waals surface area contributed by atoms with Crippen LogP contribution in [0.15, 0.2) is 0 Å². The molecule has 0 unspecified atom stereocenters. The molecule has 1 rings (SSSR count). The van der Waals surface area contributed by atoms with Gasteiger partial charge in [0.2, 0.25) is 0 Å². The topological polar surface area (TPSA) is 107 Å². The normalized spacial score (nSPS) is 19.9. The zero-order valence-electron chi connectivity index (χ0n) is 14.3. The monoisotopic (exact) mass is 331 g/mol. The Morgan fingerprint density at radius 1 is 0.957 bits per heavy atom. The molecular formula is C17H33NO5. The van der Waals surface area contributed by atoms with E-state index in [9.17, 15) is 9.59 Å². The molecule has 0 saturated carbocycles. The summed E-state index contributed by atoms with van der Waals surface area (Å²) in [7, 11) is 0. The van der Waals surface area contributed by atoms with Gasteiger partial charge in [-0.2, -0.15) is 0 Å². The minimum Gasteiger partial charge on any atom is -0.481 e. The first-order chi connectivity index (χ1) is 11.0. The predicted molar refractivity (Wildman–Crippen MR) is 89.5 cm³/mol. The maximum atomic E-state index is 10.2. The summed E-state index contributed by atoms with van der Waals surface area (Å²) < 4.78 is 0. The fourth-order valence-electron chi connectivity index (χ4n) is 2.49. The summed E-state index contributed by atoms with van der Waals surface area (Å²) in [6, 6.07) is -0.542.